The predicted octanol–water partition coefficient (Wildman–Crippen LogP) is 6.38. The number of carbonyl (C=O) groups excluding carboxylic acids is 1. The largest absolute Gasteiger partial charge is 0.416 e. The molecule has 2 aromatic rings. The molecular weight excluding hydrogens is 359 g/mol. The van der Waals surface area contributed by atoms with Gasteiger partial charge in [-0.2, -0.15) is 13.2 Å². The molecule has 0 radical (unpaired) electrons. The lowest BCUT2D eigenvalue weighted by Gasteiger charge is -2.13. The van der Waals surface area contributed by atoms with E-state index in [2.05, 4.69) is 19.2 Å². The molecule has 6 heteroatoms. The van der Waals surface area contributed by atoms with Gasteiger partial charge in [0.1, 0.15) is 0 Å². The van der Waals surface area contributed by atoms with Crippen LogP contribution in [0.15, 0.2) is 36.4 Å². The molecule has 0 unspecified atom stereocenters. The standard InChI is InChI=1S/C20H24F3NOS/c1-13(2)6-4-7-14(3)24-19(25)18-11-10-17(26-18)15-8-5-9-16(12-15)20(21,22)23/h5,8-14H,4,6-7H2,1-3H3,(H,24,25)/t14-/m0/s1. The van der Waals surface area contributed by atoms with Gasteiger partial charge < -0.3 is 5.32 Å². The van der Waals surface area contributed by atoms with Gasteiger partial charge in [-0.05, 0) is 49.1 Å². The van der Waals surface area contributed by atoms with Gasteiger partial charge in [-0.25, -0.2) is 0 Å². The van der Waals surface area contributed by atoms with Crippen molar-refractivity contribution in [2.24, 2.45) is 5.92 Å². The fourth-order valence-electron chi connectivity index (χ4n) is 2.66. The van der Waals surface area contributed by atoms with E-state index in [1.807, 2.05) is 6.92 Å². The Hall–Kier alpha value is -1.82. The van der Waals surface area contributed by atoms with Crippen molar-refractivity contribution in [3.8, 4) is 10.4 Å². The molecule has 1 aromatic heterocycles. The van der Waals surface area contributed by atoms with E-state index in [1.165, 1.54) is 17.4 Å². The average Bonchev–Trinajstić information content (AvgIpc) is 3.04. The highest BCUT2D eigenvalue weighted by molar-refractivity contribution is 7.17. The summed E-state index contributed by atoms with van der Waals surface area (Å²) in [5, 5.41) is 2.96. The molecule has 0 aliphatic heterocycles. The van der Waals surface area contributed by atoms with Crippen LogP contribution in [0.2, 0.25) is 0 Å². The Morgan fingerprint density at radius 3 is 2.50 bits per heavy atom. The van der Waals surface area contributed by atoms with Crippen LogP contribution in [0.25, 0.3) is 10.4 Å². The molecule has 1 N–H and O–H groups in total. The molecular formula is C20H24F3NOS. The van der Waals surface area contributed by atoms with E-state index in [9.17, 15) is 18.0 Å². The van der Waals surface area contributed by atoms with Crippen molar-refractivity contribution in [3.05, 3.63) is 46.8 Å². The highest BCUT2D eigenvalue weighted by Gasteiger charge is 2.30. The lowest BCUT2D eigenvalue weighted by molar-refractivity contribution is -0.137. The molecule has 142 valence electrons. The summed E-state index contributed by atoms with van der Waals surface area (Å²) >= 11 is 1.20. The number of amides is 1. The molecule has 1 aromatic carbocycles. The van der Waals surface area contributed by atoms with E-state index in [1.54, 1.807) is 18.2 Å². The third-order valence-corrected chi connectivity index (χ3v) is 5.23. The number of halogens is 3. The number of rotatable bonds is 7. The third kappa shape index (κ3) is 5.87. The first-order valence-electron chi connectivity index (χ1n) is 8.75. The van der Waals surface area contributed by atoms with Crippen LogP contribution in [0.1, 0.15) is 55.3 Å². The second-order valence-electron chi connectivity index (χ2n) is 6.94. The van der Waals surface area contributed by atoms with Crippen LogP contribution in [-0.2, 0) is 6.18 Å². The number of nitrogens with one attached hydrogen (secondary N) is 1. The SMILES string of the molecule is CC(C)CCC[C@H](C)NC(=O)c1ccc(-c2cccc(C(F)(F)F)c2)s1. The summed E-state index contributed by atoms with van der Waals surface area (Å²) in [5.74, 6) is 0.468. The minimum atomic E-state index is -4.38. The summed E-state index contributed by atoms with van der Waals surface area (Å²) in [6, 6.07) is 8.59. The monoisotopic (exact) mass is 383 g/mol. The molecule has 2 nitrogen and oxygen atoms in total. The molecule has 1 atom stereocenters. The fourth-order valence-corrected chi connectivity index (χ4v) is 3.57. The number of hydrogen-bond acceptors (Lipinski definition) is 2. The van der Waals surface area contributed by atoms with Crippen LogP contribution in [0.3, 0.4) is 0 Å². The van der Waals surface area contributed by atoms with E-state index in [-0.39, 0.29) is 11.9 Å². The molecule has 0 bridgehead atoms. The van der Waals surface area contributed by atoms with Crippen LogP contribution in [0.4, 0.5) is 13.2 Å². The van der Waals surface area contributed by atoms with Gasteiger partial charge in [0, 0.05) is 10.9 Å². The lowest BCUT2D eigenvalue weighted by atomic mass is 10.0. The molecule has 0 spiro atoms. The third-order valence-electron chi connectivity index (χ3n) is 4.10. The molecule has 2 rings (SSSR count). The molecule has 0 aliphatic rings. The minimum Gasteiger partial charge on any atom is -0.349 e. The molecule has 1 heterocycles. The lowest BCUT2D eigenvalue weighted by Crippen LogP contribution is -2.31. The van der Waals surface area contributed by atoms with Crippen molar-refractivity contribution in [2.45, 2.75) is 52.3 Å². The maximum Gasteiger partial charge on any atom is 0.416 e. The second-order valence-corrected chi connectivity index (χ2v) is 8.03. The average molecular weight is 383 g/mol. The van der Waals surface area contributed by atoms with E-state index in [0.29, 0.717) is 21.2 Å². The maximum absolute atomic E-state index is 12.9. The smallest absolute Gasteiger partial charge is 0.349 e. The van der Waals surface area contributed by atoms with Gasteiger partial charge >= 0.3 is 6.18 Å². The Labute approximate surface area is 156 Å². The van der Waals surface area contributed by atoms with Crippen LogP contribution in [0.5, 0.6) is 0 Å². The van der Waals surface area contributed by atoms with Crippen molar-refractivity contribution >= 4 is 17.2 Å². The van der Waals surface area contributed by atoms with Gasteiger partial charge in [-0.3, -0.25) is 4.79 Å². The van der Waals surface area contributed by atoms with Crippen molar-refractivity contribution in [1.29, 1.82) is 0 Å². The van der Waals surface area contributed by atoms with Gasteiger partial charge in [0.25, 0.3) is 5.91 Å². The number of hydrogen-bond donors (Lipinski definition) is 1. The van der Waals surface area contributed by atoms with E-state index >= 15 is 0 Å². The summed E-state index contributed by atoms with van der Waals surface area (Å²) in [6.45, 7) is 6.31. The van der Waals surface area contributed by atoms with Crippen LogP contribution < -0.4 is 5.32 Å². The van der Waals surface area contributed by atoms with Crippen molar-refractivity contribution in [2.75, 3.05) is 0 Å². The van der Waals surface area contributed by atoms with E-state index in [0.717, 1.165) is 31.4 Å². The quantitative estimate of drug-likeness (QED) is 0.591. The van der Waals surface area contributed by atoms with E-state index in [4.69, 9.17) is 0 Å². The number of benzene rings is 1. The van der Waals surface area contributed by atoms with Gasteiger partial charge in [0.15, 0.2) is 0 Å². The molecule has 1 amide bonds. The molecule has 0 aliphatic carbocycles. The summed E-state index contributed by atoms with van der Waals surface area (Å²) in [5.41, 5.74) is -0.220. The zero-order valence-corrected chi connectivity index (χ0v) is 16.0. The van der Waals surface area contributed by atoms with Crippen LogP contribution >= 0.6 is 11.3 Å². The van der Waals surface area contributed by atoms with Gasteiger partial charge in [0.05, 0.1) is 10.4 Å². The van der Waals surface area contributed by atoms with E-state index < -0.39 is 11.7 Å². The summed E-state index contributed by atoms with van der Waals surface area (Å²) < 4.78 is 38.6. The summed E-state index contributed by atoms with van der Waals surface area (Å²) in [4.78, 5) is 13.5. The maximum atomic E-state index is 12.9. The first-order valence-corrected chi connectivity index (χ1v) is 9.57. The Bertz CT molecular complexity index is 737. The zero-order valence-electron chi connectivity index (χ0n) is 15.2. The van der Waals surface area contributed by atoms with Crippen LogP contribution in [-0.4, -0.2) is 11.9 Å². The Kier molecular flexibility index (Phi) is 6.87. The summed E-state index contributed by atoms with van der Waals surface area (Å²) in [7, 11) is 0. The minimum absolute atomic E-state index is 0.0698. The highest BCUT2D eigenvalue weighted by atomic mass is 32.1. The van der Waals surface area contributed by atoms with Gasteiger partial charge in [0.2, 0.25) is 0 Å². The Morgan fingerprint density at radius 2 is 1.85 bits per heavy atom. The molecule has 0 fully saturated rings. The summed E-state index contributed by atoms with van der Waals surface area (Å²) in [6.07, 6.45) is -1.29. The van der Waals surface area contributed by atoms with Crippen molar-refractivity contribution in [3.63, 3.8) is 0 Å². The predicted molar refractivity (Wildman–Crippen MR) is 100 cm³/mol. The number of thiophene rings is 1. The second kappa shape index (κ2) is 8.71. The topological polar surface area (TPSA) is 29.1 Å². The normalized spacial score (nSPS) is 13.0. The molecule has 0 saturated carbocycles. The Balaban J connectivity index is 2.02. The molecule has 26 heavy (non-hydrogen) atoms. The van der Waals surface area contributed by atoms with Gasteiger partial charge in [-0.15, -0.1) is 11.3 Å². The van der Waals surface area contributed by atoms with Crippen LogP contribution in [0, 0.1) is 5.92 Å². The first-order chi connectivity index (χ1) is 12.2. The molecule has 0 saturated heterocycles. The van der Waals surface area contributed by atoms with Crippen molar-refractivity contribution < 1.29 is 18.0 Å². The first kappa shape index (κ1) is 20.5. The zero-order chi connectivity index (χ0) is 19.3. The number of carbonyl (C=O) groups is 1. The van der Waals surface area contributed by atoms with Gasteiger partial charge in [-0.1, -0.05) is 38.8 Å². The fraction of sp³-hybridized carbons (Fsp3) is 0.450. The highest BCUT2D eigenvalue weighted by Crippen LogP contribution is 2.34. The van der Waals surface area contributed by atoms with Crippen molar-refractivity contribution in [1.82, 2.24) is 5.32 Å². The Morgan fingerprint density at radius 1 is 1.12 bits per heavy atom. The number of alkyl halides is 3.